The molecule has 0 fully saturated rings. The third kappa shape index (κ3) is 4.46. The molecule has 0 aliphatic carbocycles. The third-order valence-electron chi connectivity index (χ3n) is 4.26. The number of halogens is 1. The predicted octanol–water partition coefficient (Wildman–Crippen LogP) is 2.48. The van der Waals surface area contributed by atoms with Crippen LogP contribution in [0.1, 0.15) is 34.5 Å². The minimum atomic E-state index is -3.61. The number of nitrogens with one attached hydrogen (secondary N) is 2. The van der Waals surface area contributed by atoms with E-state index in [0.29, 0.717) is 5.56 Å². The highest BCUT2D eigenvalue weighted by Gasteiger charge is 2.22. The summed E-state index contributed by atoms with van der Waals surface area (Å²) in [5, 5.41) is 3.35. The second kappa shape index (κ2) is 8.10. The first-order valence-electron chi connectivity index (χ1n) is 7.89. The van der Waals surface area contributed by atoms with E-state index in [4.69, 9.17) is 0 Å². The number of sulfonamides is 1. The molecule has 0 spiro atoms. The molecule has 0 aromatic heterocycles. The van der Waals surface area contributed by atoms with Gasteiger partial charge in [-0.2, -0.15) is 0 Å². The first kappa shape index (κ1) is 19.6. The van der Waals surface area contributed by atoms with Crippen molar-refractivity contribution in [1.82, 2.24) is 10.0 Å². The van der Waals surface area contributed by atoms with Gasteiger partial charge in [0.15, 0.2) is 5.78 Å². The van der Waals surface area contributed by atoms with Crippen molar-refractivity contribution < 1.29 is 13.2 Å². The van der Waals surface area contributed by atoms with Crippen LogP contribution in [0.3, 0.4) is 0 Å². The highest BCUT2D eigenvalue weighted by Crippen LogP contribution is 2.22. The number of carbonyl (C=O) groups excluding carboxylic acids is 1. The molecule has 1 aliphatic rings. The summed E-state index contributed by atoms with van der Waals surface area (Å²) in [7, 11) is -3.61. The van der Waals surface area contributed by atoms with Crippen LogP contribution in [0.4, 0.5) is 0 Å². The number of Topliss-reactive ketones (excluding diaryl/α,β-unsaturated/α-hetero) is 1. The molecule has 0 bridgehead atoms. The van der Waals surface area contributed by atoms with Crippen LogP contribution < -0.4 is 10.0 Å². The van der Waals surface area contributed by atoms with Gasteiger partial charge in [0.1, 0.15) is 0 Å². The number of hydrogen-bond donors (Lipinski definition) is 2. The Morgan fingerprint density at radius 3 is 2.52 bits per heavy atom. The third-order valence-corrected chi connectivity index (χ3v) is 5.70. The van der Waals surface area contributed by atoms with Gasteiger partial charge >= 0.3 is 0 Å². The summed E-state index contributed by atoms with van der Waals surface area (Å²) in [6.45, 7) is 2.57. The first-order chi connectivity index (χ1) is 11.5. The summed E-state index contributed by atoms with van der Waals surface area (Å²) in [6.07, 6.45) is 0.950. The summed E-state index contributed by atoms with van der Waals surface area (Å²) < 4.78 is 27.5. The van der Waals surface area contributed by atoms with Gasteiger partial charge < -0.3 is 5.32 Å². The number of ketones is 1. The van der Waals surface area contributed by atoms with Crippen molar-refractivity contribution in [2.75, 3.05) is 13.1 Å². The lowest BCUT2D eigenvalue weighted by Gasteiger charge is -2.27. The first-order valence-corrected chi connectivity index (χ1v) is 9.37. The summed E-state index contributed by atoms with van der Waals surface area (Å²) in [5.41, 5.74) is 2.89. The van der Waals surface area contributed by atoms with Gasteiger partial charge in [-0.05, 0) is 43.1 Å². The zero-order chi connectivity index (χ0) is 17.2. The number of carbonyl (C=O) groups is 1. The number of rotatable bonds is 5. The van der Waals surface area contributed by atoms with Crippen molar-refractivity contribution in [2.24, 2.45) is 0 Å². The molecule has 2 aromatic carbocycles. The van der Waals surface area contributed by atoms with Gasteiger partial charge in [0, 0.05) is 18.2 Å². The van der Waals surface area contributed by atoms with Gasteiger partial charge in [0.2, 0.25) is 10.0 Å². The second-order valence-electron chi connectivity index (χ2n) is 5.89. The molecule has 5 nitrogen and oxygen atoms in total. The van der Waals surface area contributed by atoms with Crippen molar-refractivity contribution in [3.05, 3.63) is 65.2 Å². The van der Waals surface area contributed by atoms with E-state index < -0.39 is 10.0 Å². The van der Waals surface area contributed by atoms with Crippen molar-refractivity contribution in [3.63, 3.8) is 0 Å². The zero-order valence-electron chi connectivity index (χ0n) is 13.9. The fourth-order valence-corrected chi connectivity index (χ4v) is 3.97. The quantitative estimate of drug-likeness (QED) is 0.781. The molecule has 2 N–H and O–H groups in total. The average molecular weight is 381 g/mol. The Balaban J connectivity index is 0.00000225. The maximum atomic E-state index is 12.4. The van der Waals surface area contributed by atoms with Crippen LogP contribution in [-0.4, -0.2) is 27.3 Å². The van der Waals surface area contributed by atoms with Crippen LogP contribution in [0.15, 0.2) is 53.4 Å². The highest BCUT2D eigenvalue weighted by molar-refractivity contribution is 7.89. The Labute approximate surface area is 154 Å². The molecular formula is C18H21ClN2O3S. The predicted molar refractivity (Wildman–Crippen MR) is 99.8 cm³/mol. The summed E-state index contributed by atoms with van der Waals surface area (Å²) >= 11 is 0. The van der Waals surface area contributed by atoms with Gasteiger partial charge in [0.05, 0.1) is 4.90 Å². The number of hydrogen-bond acceptors (Lipinski definition) is 4. The maximum absolute atomic E-state index is 12.4. The Morgan fingerprint density at radius 1 is 1.16 bits per heavy atom. The Bertz CT molecular complexity index is 851. The lowest BCUT2D eigenvalue weighted by Crippen LogP contribution is -2.38. The SMILES string of the molecule is CC(=O)c1ccc(S(=O)(=O)NCC2NCCc3ccccc32)cc1.Cl. The van der Waals surface area contributed by atoms with Crippen molar-refractivity contribution in [2.45, 2.75) is 24.3 Å². The molecule has 7 heteroatoms. The minimum Gasteiger partial charge on any atom is -0.308 e. The molecule has 2 aromatic rings. The monoisotopic (exact) mass is 380 g/mol. The van der Waals surface area contributed by atoms with E-state index in [-0.39, 0.29) is 35.7 Å². The van der Waals surface area contributed by atoms with Crippen molar-refractivity contribution >= 4 is 28.2 Å². The van der Waals surface area contributed by atoms with Crippen LogP contribution in [0.2, 0.25) is 0 Å². The molecule has 1 aliphatic heterocycles. The van der Waals surface area contributed by atoms with Crippen molar-refractivity contribution in [1.29, 1.82) is 0 Å². The molecule has 0 amide bonds. The largest absolute Gasteiger partial charge is 0.308 e. The topological polar surface area (TPSA) is 75.3 Å². The standard InChI is InChI=1S/C18H20N2O3S.ClH/c1-13(21)14-6-8-16(9-7-14)24(22,23)20-12-18-17-5-3-2-4-15(17)10-11-19-18;/h2-9,18-20H,10-12H2,1H3;1H. The molecule has 0 radical (unpaired) electrons. The van der Waals surface area contributed by atoms with E-state index in [1.54, 1.807) is 0 Å². The van der Waals surface area contributed by atoms with E-state index in [1.165, 1.54) is 36.8 Å². The molecular weight excluding hydrogens is 360 g/mol. The van der Waals surface area contributed by atoms with Gasteiger partial charge in [-0.15, -0.1) is 12.4 Å². The second-order valence-corrected chi connectivity index (χ2v) is 7.65. The van der Waals surface area contributed by atoms with Gasteiger partial charge in [-0.3, -0.25) is 4.79 Å². The summed E-state index contributed by atoms with van der Waals surface area (Å²) in [5.74, 6) is -0.0880. The average Bonchev–Trinajstić information content (AvgIpc) is 2.60. The van der Waals surface area contributed by atoms with Crippen molar-refractivity contribution in [3.8, 4) is 0 Å². The molecule has 0 saturated carbocycles. The van der Waals surface area contributed by atoms with E-state index in [0.717, 1.165) is 18.5 Å². The molecule has 0 saturated heterocycles. The van der Waals surface area contributed by atoms with E-state index in [9.17, 15) is 13.2 Å². The van der Waals surface area contributed by atoms with Crippen LogP contribution >= 0.6 is 12.4 Å². The molecule has 134 valence electrons. The van der Waals surface area contributed by atoms with Gasteiger partial charge in [-0.25, -0.2) is 13.1 Å². The Kier molecular flexibility index (Phi) is 6.35. The normalized spacial score (nSPS) is 16.6. The van der Waals surface area contributed by atoms with E-state index in [1.807, 2.05) is 18.2 Å². The lowest BCUT2D eigenvalue weighted by atomic mass is 9.95. The highest BCUT2D eigenvalue weighted by atomic mass is 35.5. The molecule has 1 atom stereocenters. The smallest absolute Gasteiger partial charge is 0.240 e. The molecule has 3 rings (SSSR count). The number of benzene rings is 2. The van der Waals surface area contributed by atoms with Crippen LogP contribution in [0.25, 0.3) is 0 Å². The molecule has 25 heavy (non-hydrogen) atoms. The van der Waals surface area contributed by atoms with Gasteiger partial charge in [-0.1, -0.05) is 36.4 Å². The maximum Gasteiger partial charge on any atom is 0.240 e. The van der Waals surface area contributed by atoms with Gasteiger partial charge in [0.25, 0.3) is 0 Å². The van der Waals surface area contributed by atoms with Crippen LogP contribution in [0, 0.1) is 0 Å². The zero-order valence-corrected chi connectivity index (χ0v) is 15.5. The Morgan fingerprint density at radius 2 is 1.84 bits per heavy atom. The summed E-state index contributed by atoms with van der Waals surface area (Å²) in [4.78, 5) is 11.4. The molecule has 1 unspecified atom stereocenters. The van der Waals surface area contributed by atoms with Crippen LogP contribution in [-0.2, 0) is 16.4 Å². The molecule has 1 heterocycles. The van der Waals surface area contributed by atoms with E-state index in [2.05, 4.69) is 16.1 Å². The van der Waals surface area contributed by atoms with Crippen LogP contribution in [0.5, 0.6) is 0 Å². The number of fused-ring (bicyclic) bond motifs is 1. The minimum absolute atomic E-state index is 0. The fraction of sp³-hybridized carbons (Fsp3) is 0.278. The Hall–Kier alpha value is -1.73. The fourth-order valence-electron chi connectivity index (χ4n) is 2.92. The lowest BCUT2D eigenvalue weighted by molar-refractivity contribution is 0.101. The summed E-state index contributed by atoms with van der Waals surface area (Å²) in [6, 6.07) is 14.0. The van der Waals surface area contributed by atoms with E-state index >= 15 is 0 Å².